The van der Waals surface area contributed by atoms with Crippen LogP contribution < -0.4 is 0 Å². The maximum absolute atomic E-state index is 4.66. The maximum Gasteiger partial charge on any atom is 0.153 e. The Bertz CT molecular complexity index is 743. The fourth-order valence-electron chi connectivity index (χ4n) is 2.55. The van der Waals surface area contributed by atoms with Crippen LogP contribution in [0.2, 0.25) is 0 Å². The van der Waals surface area contributed by atoms with Crippen LogP contribution in [0.25, 0.3) is 16.9 Å². The van der Waals surface area contributed by atoms with Gasteiger partial charge in [-0.05, 0) is 62.1 Å². The van der Waals surface area contributed by atoms with Crippen LogP contribution >= 0.6 is 0 Å². The number of hydrogen-bond acceptors (Lipinski definition) is 2. The molecular weight excluding hydrogens is 234 g/mol. The molecule has 0 saturated heterocycles. The van der Waals surface area contributed by atoms with E-state index in [1.165, 1.54) is 27.8 Å². The second kappa shape index (κ2) is 4.19. The van der Waals surface area contributed by atoms with Gasteiger partial charge in [0.15, 0.2) is 5.65 Å². The molecule has 0 unspecified atom stereocenters. The molecule has 19 heavy (non-hydrogen) atoms. The molecule has 3 heteroatoms. The molecule has 0 aliphatic rings. The number of benzene rings is 1. The number of imidazole rings is 1. The van der Waals surface area contributed by atoms with E-state index in [0.29, 0.717) is 0 Å². The molecule has 0 radical (unpaired) electrons. The van der Waals surface area contributed by atoms with Crippen molar-refractivity contribution in [3.63, 3.8) is 0 Å². The van der Waals surface area contributed by atoms with Crippen molar-refractivity contribution in [2.45, 2.75) is 27.7 Å². The molecule has 0 aliphatic carbocycles. The van der Waals surface area contributed by atoms with Crippen molar-refractivity contribution in [3.05, 3.63) is 52.8 Å². The summed E-state index contributed by atoms with van der Waals surface area (Å²) >= 11 is 0. The summed E-state index contributed by atoms with van der Waals surface area (Å²) in [5.74, 6) is 0. The minimum absolute atomic E-state index is 0.878. The Morgan fingerprint density at radius 1 is 0.947 bits per heavy atom. The molecule has 2 aromatic heterocycles. The Hall–Kier alpha value is -2.16. The maximum atomic E-state index is 4.66. The van der Waals surface area contributed by atoms with Crippen LogP contribution in [0.4, 0.5) is 0 Å². The highest BCUT2D eigenvalue weighted by molar-refractivity contribution is 5.71. The second-order valence-corrected chi connectivity index (χ2v) is 5.08. The smallest absolute Gasteiger partial charge is 0.153 e. The molecule has 2 heterocycles. The van der Waals surface area contributed by atoms with Crippen molar-refractivity contribution in [2.24, 2.45) is 0 Å². The molecule has 1 aromatic carbocycles. The third kappa shape index (κ3) is 1.82. The lowest BCUT2D eigenvalue weighted by Crippen LogP contribution is -1.99. The predicted octanol–water partition coefficient (Wildman–Crippen LogP) is 3.63. The lowest BCUT2D eigenvalue weighted by molar-refractivity contribution is 0.939. The number of aromatic nitrogens is 3. The highest BCUT2D eigenvalue weighted by Crippen LogP contribution is 2.30. The summed E-state index contributed by atoms with van der Waals surface area (Å²) in [6, 6.07) is 6.30. The van der Waals surface area contributed by atoms with Gasteiger partial charge in [0, 0.05) is 18.0 Å². The zero-order chi connectivity index (χ0) is 13.6. The van der Waals surface area contributed by atoms with Crippen LogP contribution in [0.3, 0.4) is 0 Å². The van der Waals surface area contributed by atoms with Crippen molar-refractivity contribution < 1.29 is 0 Å². The molecule has 0 amide bonds. The molecule has 0 spiro atoms. The fraction of sp³-hybridized carbons (Fsp3) is 0.250. The third-order valence-corrected chi connectivity index (χ3v) is 3.88. The summed E-state index contributed by atoms with van der Waals surface area (Å²) in [7, 11) is 0. The van der Waals surface area contributed by atoms with Crippen molar-refractivity contribution in [1.29, 1.82) is 0 Å². The van der Waals surface area contributed by atoms with E-state index in [1.54, 1.807) is 6.20 Å². The summed E-state index contributed by atoms with van der Waals surface area (Å²) in [4.78, 5) is 4.23. The van der Waals surface area contributed by atoms with Crippen LogP contribution in [-0.4, -0.2) is 14.6 Å². The lowest BCUT2D eigenvalue weighted by Gasteiger charge is -2.14. The molecular formula is C16H17N3. The zero-order valence-electron chi connectivity index (χ0n) is 11.7. The van der Waals surface area contributed by atoms with Crippen LogP contribution in [-0.2, 0) is 0 Å². The Balaban J connectivity index is 2.31. The average molecular weight is 251 g/mol. The number of nitrogens with zero attached hydrogens (tertiary/aromatic N) is 3. The Kier molecular flexibility index (Phi) is 2.63. The summed E-state index contributed by atoms with van der Waals surface area (Å²) in [5.41, 5.74) is 8.35. The molecule has 0 N–H and O–H groups in total. The Labute approximate surface area is 112 Å². The first-order valence-electron chi connectivity index (χ1n) is 6.46. The van der Waals surface area contributed by atoms with Gasteiger partial charge in [0.2, 0.25) is 0 Å². The molecule has 0 aliphatic heterocycles. The summed E-state index contributed by atoms with van der Waals surface area (Å²) in [5, 5.41) is 4.66. The lowest BCUT2D eigenvalue weighted by atomic mass is 9.92. The van der Waals surface area contributed by atoms with Crippen LogP contribution in [0.5, 0.6) is 0 Å². The minimum Gasteiger partial charge on any atom is -0.236 e. The molecule has 3 rings (SSSR count). The fourth-order valence-corrected chi connectivity index (χ4v) is 2.55. The summed E-state index contributed by atoms with van der Waals surface area (Å²) in [6.07, 6.45) is 3.65. The number of aryl methyl sites for hydroxylation is 2. The van der Waals surface area contributed by atoms with Crippen LogP contribution in [0.15, 0.2) is 30.6 Å². The van der Waals surface area contributed by atoms with Gasteiger partial charge in [0.05, 0.1) is 5.69 Å². The topological polar surface area (TPSA) is 30.2 Å². The highest BCUT2D eigenvalue weighted by atomic mass is 15.2. The second-order valence-electron chi connectivity index (χ2n) is 5.08. The molecule has 0 fully saturated rings. The third-order valence-electron chi connectivity index (χ3n) is 3.88. The standard InChI is InChI=1S/C16H17N3/c1-10-9-11(2)13(4)16(12(10)3)14-5-6-15-17-7-8-19(15)18-14/h5-9H,1-4H3. The Morgan fingerprint density at radius 3 is 2.32 bits per heavy atom. The van der Waals surface area contributed by atoms with Gasteiger partial charge in [0.25, 0.3) is 0 Å². The number of rotatable bonds is 1. The predicted molar refractivity (Wildman–Crippen MR) is 77.4 cm³/mol. The summed E-state index contributed by atoms with van der Waals surface area (Å²) < 4.78 is 1.83. The van der Waals surface area contributed by atoms with Crippen molar-refractivity contribution in [3.8, 4) is 11.3 Å². The molecule has 0 bridgehead atoms. The van der Waals surface area contributed by atoms with Crippen LogP contribution in [0, 0.1) is 27.7 Å². The molecule has 3 aromatic rings. The van der Waals surface area contributed by atoms with E-state index in [1.807, 2.05) is 16.8 Å². The van der Waals surface area contributed by atoms with E-state index < -0.39 is 0 Å². The molecule has 0 saturated carbocycles. The van der Waals surface area contributed by atoms with Gasteiger partial charge >= 0.3 is 0 Å². The normalized spacial score (nSPS) is 11.2. The van der Waals surface area contributed by atoms with Gasteiger partial charge in [-0.2, -0.15) is 5.10 Å². The SMILES string of the molecule is Cc1cc(C)c(C)c(-c2ccc3nccn3n2)c1C. The van der Waals surface area contributed by atoms with Crippen LogP contribution in [0.1, 0.15) is 22.3 Å². The minimum atomic E-state index is 0.878. The monoisotopic (exact) mass is 251 g/mol. The average Bonchev–Trinajstić information content (AvgIpc) is 2.84. The van der Waals surface area contributed by atoms with E-state index in [4.69, 9.17) is 0 Å². The first kappa shape index (κ1) is 11.9. The first-order chi connectivity index (χ1) is 9.08. The zero-order valence-corrected chi connectivity index (χ0v) is 11.7. The number of hydrogen-bond donors (Lipinski definition) is 0. The van der Waals surface area contributed by atoms with Gasteiger partial charge in [0.1, 0.15) is 0 Å². The van der Waals surface area contributed by atoms with Gasteiger partial charge in [-0.1, -0.05) is 6.07 Å². The van der Waals surface area contributed by atoms with E-state index >= 15 is 0 Å². The summed E-state index contributed by atoms with van der Waals surface area (Å²) in [6.45, 7) is 8.63. The van der Waals surface area contributed by atoms with Crippen molar-refractivity contribution in [2.75, 3.05) is 0 Å². The molecule has 3 nitrogen and oxygen atoms in total. The van der Waals surface area contributed by atoms with Gasteiger partial charge in [-0.3, -0.25) is 0 Å². The van der Waals surface area contributed by atoms with Gasteiger partial charge in [-0.25, -0.2) is 9.50 Å². The molecule has 96 valence electrons. The quantitative estimate of drug-likeness (QED) is 0.661. The number of fused-ring (bicyclic) bond motifs is 1. The largest absolute Gasteiger partial charge is 0.236 e. The van der Waals surface area contributed by atoms with Gasteiger partial charge in [-0.15, -0.1) is 0 Å². The van der Waals surface area contributed by atoms with E-state index in [0.717, 1.165) is 11.3 Å². The van der Waals surface area contributed by atoms with E-state index in [-0.39, 0.29) is 0 Å². The van der Waals surface area contributed by atoms with E-state index in [9.17, 15) is 0 Å². The van der Waals surface area contributed by atoms with Crippen molar-refractivity contribution in [1.82, 2.24) is 14.6 Å². The molecule has 0 atom stereocenters. The van der Waals surface area contributed by atoms with Gasteiger partial charge < -0.3 is 0 Å². The van der Waals surface area contributed by atoms with Crippen molar-refractivity contribution >= 4 is 5.65 Å². The highest BCUT2D eigenvalue weighted by Gasteiger charge is 2.12. The van der Waals surface area contributed by atoms with E-state index in [2.05, 4.69) is 49.9 Å². The Morgan fingerprint density at radius 2 is 1.63 bits per heavy atom. The first-order valence-corrected chi connectivity index (χ1v) is 6.46.